The van der Waals surface area contributed by atoms with Gasteiger partial charge >= 0.3 is 6.18 Å². The van der Waals surface area contributed by atoms with Gasteiger partial charge in [-0.25, -0.2) is 13.1 Å². The molecule has 1 atom stereocenters. The van der Waals surface area contributed by atoms with Crippen molar-refractivity contribution >= 4 is 21.4 Å². The van der Waals surface area contributed by atoms with Crippen molar-refractivity contribution in [1.82, 2.24) is 9.62 Å². The van der Waals surface area contributed by atoms with Crippen LogP contribution in [0.15, 0.2) is 46.7 Å². The zero-order valence-electron chi connectivity index (χ0n) is 13.9. The van der Waals surface area contributed by atoms with Gasteiger partial charge in [0.1, 0.15) is 0 Å². The van der Waals surface area contributed by atoms with E-state index in [0.29, 0.717) is 13.0 Å². The van der Waals surface area contributed by atoms with Crippen LogP contribution in [0.3, 0.4) is 0 Å². The second-order valence-electron chi connectivity index (χ2n) is 6.27. The minimum absolute atomic E-state index is 0.407. The molecule has 0 saturated carbocycles. The van der Waals surface area contributed by atoms with E-state index in [9.17, 15) is 21.6 Å². The molecule has 4 nitrogen and oxygen atoms in total. The van der Waals surface area contributed by atoms with Crippen LogP contribution in [0.1, 0.15) is 23.3 Å². The maximum Gasteiger partial charge on any atom is 0.417 e. The summed E-state index contributed by atoms with van der Waals surface area (Å²) < 4.78 is 67.0. The zero-order chi connectivity index (χ0) is 18.8. The molecule has 1 saturated heterocycles. The number of nitrogens with zero attached hydrogens (tertiary/aromatic N) is 1. The van der Waals surface area contributed by atoms with Gasteiger partial charge in [0.15, 0.2) is 0 Å². The molecular formula is C17H19F3N2O2S2. The number of halogens is 3. The third-order valence-electron chi connectivity index (χ3n) is 4.27. The molecule has 142 valence electrons. The minimum Gasteiger partial charge on any atom is -0.297 e. The van der Waals surface area contributed by atoms with Crippen LogP contribution in [0.2, 0.25) is 0 Å². The van der Waals surface area contributed by atoms with Gasteiger partial charge in [0, 0.05) is 24.0 Å². The monoisotopic (exact) mass is 404 g/mol. The lowest BCUT2D eigenvalue weighted by atomic mass is 10.1. The molecule has 1 fully saturated rings. The normalized spacial score (nSPS) is 19.6. The number of thiophene rings is 1. The van der Waals surface area contributed by atoms with E-state index in [4.69, 9.17) is 0 Å². The van der Waals surface area contributed by atoms with E-state index in [2.05, 4.69) is 9.62 Å². The molecule has 0 amide bonds. The Morgan fingerprint density at radius 2 is 1.96 bits per heavy atom. The fraction of sp³-hybridized carbons (Fsp3) is 0.412. The number of nitrogens with one attached hydrogen (secondary N) is 1. The first kappa shape index (κ1) is 19.3. The lowest BCUT2D eigenvalue weighted by Gasteiger charge is -2.32. The van der Waals surface area contributed by atoms with Crippen molar-refractivity contribution in [3.05, 3.63) is 52.2 Å². The molecule has 1 aromatic heterocycles. The van der Waals surface area contributed by atoms with Gasteiger partial charge in [-0.3, -0.25) is 4.90 Å². The summed E-state index contributed by atoms with van der Waals surface area (Å²) in [6, 6.07) is 7.83. The van der Waals surface area contributed by atoms with Crippen LogP contribution in [-0.4, -0.2) is 32.4 Å². The Kier molecular flexibility index (Phi) is 5.71. The van der Waals surface area contributed by atoms with Crippen molar-refractivity contribution in [2.45, 2.75) is 36.5 Å². The molecule has 1 aliphatic heterocycles. The molecule has 2 aromatic rings. The van der Waals surface area contributed by atoms with Crippen LogP contribution < -0.4 is 4.72 Å². The first-order chi connectivity index (χ1) is 12.3. The first-order valence-electron chi connectivity index (χ1n) is 8.19. The molecular weight excluding hydrogens is 385 g/mol. The summed E-state index contributed by atoms with van der Waals surface area (Å²) in [5, 5.41) is 1.98. The molecule has 1 N–H and O–H groups in total. The number of hydrogen-bond acceptors (Lipinski definition) is 4. The van der Waals surface area contributed by atoms with Crippen LogP contribution in [0, 0.1) is 0 Å². The number of rotatable bonds is 5. The van der Waals surface area contributed by atoms with Gasteiger partial charge in [-0.1, -0.05) is 18.2 Å². The topological polar surface area (TPSA) is 49.4 Å². The van der Waals surface area contributed by atoms with Gasteiger partial charge < -0.3 is 0 Å². The average molecular weight is 404 g/mol. The van der Waals surface area contributed by atoms with Gasteiger partial charge in [-0.2, -0.15) is 13.2 Å². The van der Waals surface area contributed by atoms with Gasteiger partial charge in [-0.05, 0) is 43.0 Å². The molecule has 0 unspecified atom stereocenters. The molecule has 26 heavy (non-hydrogen) atoms. The average Bonchev–Trinajstić information content (AvgIpc) is 3.07. The van der Waals surface area contributed by atoms with E-state index in [0.717, 1.165) is 31.6 Å². The Balaban J connectivity index is 1.73. The molecule has 9 heteroatoms. The molecule has 3 rings (SSSR count). The lowest BCUT2D eigenvalue weighted by Crippen LogP contribution is -2.47. The van der Waals surface area contributed by atoms with E-state index in [1.807, 2.05) is 17.5 Å². The van der Waals surface area contributed by atoms with E-state index >= 15 is 0 Å². The number of alkyl halides is 3. The fourth-order valence-corrected chi connectivity index (χ4v) is 5.37. The third kappa shape index (κ3) is 4.64. The molecule has 0 bridgehead atoms. The maximum absolute atomic E-state index is 13.1. The van der Waals surface area contributed by atoms with Crippen LogP contribution in [0.5, 0.6) is 0 Å². The van der Waals surface area contributed by atoms with Crippen LogP contribution in [0.4, 0.5) is 13.2 Å². The second-order valence-corrected chi connectivity index (χ2v) is 8.98. The zero-order valence-corrected chi connectivity index (χ0v) is 15.5. The molecule has 1 aliphatic rings. The summed E-state index contributed by atoms with van der Waals surface area (Å²) in [5.74, 6) is 0. The molecule has 0 aliphatic carbocycles. The highest BCUT2D eigenvalue weighted by molar-refractivity contribution is 7.89. The predicted octanol–water partition coefficient (Wildman–Crippen LogP) is 3.71. The SMILES string of the molecule is O=S(=O)(N[C@@H]1CCCN(Cc2cccs2)C1)c1ccccc1C(F)(F)F. The number of hydrogen-bond donors (Lipinski definition) is 1. The highest BCUT2D eigenvalue weighted by atomic mass is 32.2. The largest absolute Gasteiger partial charge is 0.417 e. The Morgan fingerprint density at radius 3 is 2.65 bits per heavy atom. The summed E-state index contributed by atoms with van der Waals surface area (Å²) in [5.41, 5.74) is -1.14. The van der Waals surface area contributed by atoms with E-state index in [-0.39, 0.29) is 0 Å². The molecule has 1 aromatic carbocycles. The summed E-state index contributed by atoms with van der Waals surface area (Å²) in [6.45, 7) is 2.04. The summed E-state index contributed by atoms with van der Waals surface area (Å²) >= 11 is 1.63. The summed E-state index contributed by atoms with van der Waals surface area (Å²) in [7, 11) is -4.25. The highest BCUT2D eigenvalue weighted by Gasteiger charge is 2.37. The fourth-order valence-electron chi connectivity index (χ4n) is 3.14. The Bertz CT molecular complexity index is 836. The van der Waals surface area contributed by atoms with Crippen LogP contribution in [-0.2, 0) is 22.7 Å². The Labute approximate surface area is 154 Å². The molecule has 0 radical (unpaired) electrons. The van der Waals surface area contributed by atoms with Crippen molar-refractivity contribution in [1.29, 1.82) is 0 Å². The Morgan fingerprint density at radius 1 is 1.19 bits per heavy atom. The number of piperidine rings is 1. The van der Waals surface area contributed by atoms with Crippen LogP contribution >= 0.6 is 11.3 Å². The van der Waals surface area contributed by atoms with Crippen molar-refractivity contribution in [3.63, 3.8) is 0 Å². The number of benzene rings is 1. The quantitative estimate of drug-likeness (QED) is 0.827. The van der Waals surface area contributed by atoms with Crippen molar-refractivity contribution < 1.29 is 21.6 Å². The lowest BCUT2D eigenvalue weighted by molar-refractivity contribution is -0.139. The highest BCUT2D eigenvalue weighted by Crippen LogP contribution is 2.34. The first-order valence-corrected chi connectivity index (χ1v) is 10.6. The second kappa shape index (κ2) is 7.67. The standard InChI is InChI=1S/C17H19F3N2O2S2/c18-17(19,20)15-7-1-2-8-16(15)26(23,24)21-13-5-3-9-22(11-13)12-14-6-4-10-25-14/h1-2,4,6-8,10,13,21H,3,5,9,11-12H2/t13-/m1/s1. The summed E-state index contributed by atoms with van der Waals surface area (Å²) in [6.07, 6.45) is -3.32. The third-order valence-corrected chi connectivity index (χ3v) is 6.71. The van der Waals surface area contributed by atoms with Crippen molar-refractivity contribution in [2.24, 2.45) is 0 Å². The van der Waals surface area contributed by atoms with E-state index < -0.39 is 32.7 Å². The number of sulfonamides is 1. The van der Waals surface area contributed by atoms with Crippen molar-refractivity contribution in [3.8, 4) is 0 Å². The smallest absolute Gasteiger partial charge is 0.297 e. The Hall–Kier alpha value is -1.42. The molecule has 0 spiro atoms. The van der Waals surface area contributed by atoms with Gasteiger partial charge in [0.2, 0.25) is 10.0 Å². The van der Waals surface area contributed by atoms with Gasteiger partial charge in [0.05, 0.1) is 10.5 Å². The van der Waals surface area contributed by atoms with Crippen LogP contribution in [0.25, 0.3) is 0 Å². The van der Waals surface area contributed by atoms with E-state index in [1.54, 1.807) is 11.3 Å². The van der Waals surface area contributed by atoms with Gasteiger partial charge in [0.25, 0.3) is 0 Å². The maximum atomic E-state index is 13.1. The molecule has 2 heterocycles. The van der Waals surface area contributed by atoms with Gasteiger partial charge in [-0.15, -0.1) is 11.3 Å². The summed E-state index contributed by atoms with van der Waals surface area (Å²) in [4.78, 5) is 2.58. The van der Waals surface area contributed by atoms with Crippen molar-refractivity contribution in [2.75, 3.05) is 13.1 Å². The predicted molar refractivity (Wildman–Crippen MR) is 94.4 cm³/mol. The van der Waals surface area contributed by atoms with E-state index in [1.165, 1.54) is 17.0 Å². The number of likely N-dealkylation sites (tertiary alicyclic amines) is 1. The minimum atomic E-state index is -4.72.